The molecule has 0 unspecified atom stereocenters. The molecule has 44 heavy (non-hydrogen) atoms. The molecule has 3 aromatic rings. The van der Waals surface area contributed by atoms with Crippen LogP contribution < -0.4 is 21.3 Å². The van der Waals surface area contributed by atoms with E-state index in [1.54, 1.807) is 18.2 Å². The summed E-state index contributed by atoms with van der Waals surface area (Å²) in [5.41, 5.74) is 1.96. The highest BCUT2D eigenvalue weighted by Crippen LogP contribution is 2.19. The Bertz CT molecular complexity index is 1520. The number of H-pyrrole nitrogens is 1. The van der Waals surface area contributed by atoms with Crippen LogP contribution in [0.3, 0.4) is 0 Å². The van der Waals surface area contributed by atoms with Crippen LogP contribution in [0.1, 0.15) is 28.9 Å². The van der Waals surface area contributed by atoms with Crippen LogP contribution in [-0.4, -0.2) is 108 Å². The summed E-state index contributed by atoms with van der Waals surface area (Å²) < 4.78 is 4.91. The molecule has 5 amide bonds. The molecule has 14 nitrogen and oxygen atoms in total. The van der Waals surface area contributed by atoms with E-state index in [9.17, 15) is 24.0 Å². The smallest absolute Gasteiger partial charge is 0.410 e. The number of anilines is 1. The van der Waals surface area contributed by atoms with Crippen LogP contribution in [-0.2, 0) is 25.5 Å². The predicted molar refractivity (Wildman–Crippen MR) is 161 cm³/mol. The number of aromatic nitrogens is 2. The van der Waals surface area contributed by atoms with Gasteiger partial charge < -0.3 is 35.9 Å². The summed E-state index contributed by atoms with van der Waals surface area (Å²) in [6, 6.07) is 11.8. The molecule has 1 saturated heterocycles. The number of hydrogen-bond donors (Lipinski definition) is 5. The fraction of sp³-hybridized carbons (Fsp3) is 0.400. The summed E-state index contributed by atoms with van der Waals surface area (Å²) in [7, 11) is 0. The number of ether oxygens (including phenoxy) is 1. The van der Waals surface area contributed by atoms with E-state index < -0.39 is 18.0 Å². The molecule has 2 aliphatic heterocycles. The second-order valence-electron chi connectivity index (χ2n) is 10.6. The molecule has 14 heteroatoms. The summed E-state index contributed by atoms with van der Waals surface area (Å²) in [5, 5.41) is 12.6. The molecule has 2 bridgehead atoms. The van der Waals surface area contributed by atoms with Crippen molar-refractivity contribution in [3.8, 4) is 0 Å². The van der Waals surface area contributed by atoms with E-state index in [-0.39, 0.29) is 62.6 Å². The van der Waals surface area contributed by atoms with Gasteiger partial charge in [-0.15, -0.1) is 0 Å². The quantitative estimate of drug-likeness (QED) is 0.288. The van der Waals surface area contributed by atoms with Gasteiger partial charge in [0.2, 0.25) is 17.7 Å². The third-order valence-electron chi connectivity index (χ3n) is 7.47. The van der Waals surface area contributed by atoms with Gasteiger partial charge in [0.1, 0.15) is 30.7 Å². The second-order valence-corrected chi connectivity index (χ2v) is 10.6. The average molecular weight is 605 g/mol. The van der Waals surface area contributed by atoms with Crippen LogP contribution >= 0.6 is 0 Å². The molecule has 0 radical (unpaired) electrons. The van der Waals surface area contributed by atoms with E-state index in [2.05, 4.69) is 31.2 Å². The molecule has 1 atom stereocenters. The fourth-order valence-electron chi connectivity index (χ4n) is 5.13. The van der Waals surface area contributed by atoms with Crippen LogP contribution in [0, 0.1) is 0 Å². The molecule has 5 N–H and O–H groups in total. The van der Waals surface area contributed by atoms with Crippen molar-refractivity contribution in [1.29, 1.82) is 0 Å². The number of rotatable bonds is 4. The number of pyridine rings is 1. The number of carbonyl (C=O) groups is 5. The van der Waals surface area contributed by atoms with Gasteiger partial charge in [-0.3, -0.25) is 24.1 Å². The van der Waals surface area contributed by atoms with E-state index >= 15 is 0 Å². The summed E-state index contributed by atoms with van der Waals surface area (Å²) >= 11 is 0. The second kappa shape index (κ2) is 14.4. The molecule has 2 aromatic heterocycles. The third-order valence-corrected chi connectivity index (χ3v) is 7.47. The molecular weight excluding hydrogens is 568 g/mol. The lowest BCUT2D eigenvalue weighted by Crippen LogP contribution is -2.48. The van der Waals surface area contributed by atoms with Crippen LogP contribution in [0.5, 0.6) is 0 Å². The number of nitrogens with zero attached hydrogens (tertiary/aromatic N) is 3. The Balaban J connectivity index is 1.30. The summed E-state index contributed by atoms with van der Waals surface area (Å²) in [6.07, 6.45) is 2.56. The molecule has 0 spiro atoms. The molecule has 1 aromatic carbocycles. The number of hydrogen-bond acceptors (Lipinski definition) is 8. The Morgan fingerprint density at radius 1 is 0.932 bits per heavy atom. The first-order valence-electron chi connectivity index (χ1n) is 14.7. The zero-order valence-electron chi connectivity index (χ0n) is 24.3. The van der Waals surface area contributed by atoms with Crippen LogP contribution in [0.15, 0.2) is 48.7 Å². The topological polar surface area (TPSA) is 178 Å². The molecule has 5 rings (SSSR count). The Kier molecular flexibility index (Phi) is 9.89. The molecule has 232 valence electrons. The first-order valence-corrected chi connectivity index (χ1v) is 14.7. The monoisotopic (exact) mass is 604 g/mol. The van der Waals surface area contributed by atoms with E-state index in [0.717, 1.165) is 16.5 Å². The van der Waals surface area contributed by atoms with Crippen molar-refractivity contribution in [3.05, 3.63) is 59.9 Å². The SMILES string of the molecule is O=C1CN(C(=O)CN2CCOC2=O)CCCCNC(=O)[C@H](Cc2c[nH]c3ccccc23)NC(=O)c2cccc(n2)NCCN1. The highest BCUT2D eigenvalue weighted by atomic mass is 16.6. The molecule has 2 aliphatic rings. The van der Waals surface area contributed by atoms with E-state index in [1.165, 1.54) is 9.80 Å². The number of carbonyl (C=O) groups excluding carboxylic acids is 5. The maximum atomic E-state index is 13.4. The van der Waals surface area contributed by atoms with Crippen molar-refractivity contribution in [2.45, 2.75) is 25.3 Å². The van der Waals surface area contributed by atoms with Gasteiger partial charge in [-0.2, -0.15) is 0 Å². The first kappa shape index (κ1) is 30.3. The van der Waals surface area contributed by atoms with Crippen molar-refractivity contribution in [2.75, 3.05) is 57.7 Å². The normalized spacial score (nSPS) is 19.1. The molecule has 4 heterocycles. The number of nitrogens with one attached hydrogen (secondary N) is 5. The number of benzene rings is 1. The van der Waals surface area contributed by atoms with Crippen molar-refractivity contribution in [1.82, 2.24) is 35.7 Å². The largest absolute Gasteiger partial charge is 0.448 e. The number of amides is 5. The zero-order chi connectivity index (χ0) is 30.9. The lowest BCUT2D eigenvalue weighted by molar-refractivity contribution is -0.136. The molecule has 1 fully saturated rings. The van der Waals surface area contributed by atoms with Crippen molar-refractivity contribution in [2.24, 2.45) is 0 Å². The van der Waals surface area contributed by atoms with Gasteiger partial charge in [-0.25, -0.2) is 9.78 Å². The van der Waals surface area contributed by atoms with Gasteiger partial charge in [0.25, 0.3) is 5.91 Å². The van der Waals surface area contributed by atoms with Crippen molar-refractivity contribution in [3.63, 3.8) is 0 Å². The standard InChI is InChI=1S/C30H36N8O6/c39-26-18-37(27(40)19-38-14-15-44-30(38)43)13-4-3-10-33-28(41)24(16-20-17-34-22-7-2-1-6-21(20)22)36-29(42)23-8-5-9-25(35-23)31-11-12-32-26/h1-2,5-9,17,24,34H,3-4,10-16,18-19H2,(H,31,35)(H,32,39)(H,33,41)(H,36,42)/t24-/m0/s1. The number of aromatic amines is 1. The highest BCUT2D eigenvalue weighted by Gasteiger charge is 2.28. The zero-order valence-corrected chi connectivity index (χ0v) is 24.3. The minimum atomic E-state index is -0.873. The van der Waals surface area contributed by atoms with E-state index in [1.807, 2.05) is 30.5 Å². The lowest BCUT2D eigenvalue weighted by Gasteiger charge is -2.24. The van der Waals surface area contributed by atoms with Gasteiger partial charge in [-0.1, -0.05) is 24.3 Å². The van der Waals surface area contributed by atoms with Crippen LogP contribution in [0.4, 0.5) is 10.6 Å². The van der Waals surface area contributed by atoms with Crippen LogP contribution in [0.2, 0.25) is 0 Å². The minimum Gasteiger partial charge on any atom is -0.448 e. The molecular formula is C30H36N8O6. The van der Waals surface area contributed by atoms with Gasteiger partial charge in [0.15, 0.2) is 0 Å². The maximum Gasteiger partial charge on any atom is 0.410 e. The predicted octanol–water partition coefficient (Wildman–Crippen LogP) is 0.623. The van der Waals surface area contributed by atoms with Gasteiger partial charge in [-0.05, 0) is 36.6 Å². The van der Waals surface area contributed by atoms with E-state index in [4.69, 9.17) is 4.74 Å². The Hall–Kier alpha value is -5.14. The minimum absolute atomic E-state index is 0.143. The summed E-state index contributed by atoms with van der Waals surface area (Å²) in [4.78, 5) is 74.5. The van der Waals surface area contributed by atoms with Crippen molar-refractivity contribution >= 4 is 46.4 Å². The van der Waals surface area contributed by atoms with Crippen molar-refractivity contribution < 1.29 is 28.7 Å². The fourth-order valence-corrected chi connectivity index (χ4v) is 5.13. The highest BCUT2D eigenvalue weighted by molar-refractivity contribution is 5.97. The van der Waals surface area contributed by atoms with Gasteiger partial charge >= 0.3 is 6.09 Å². The summed E-state index contributed by atoms with van der Waals surface area (Å²) in [6.45, 7) is 1.31. The molecule has 0 saturated carbocycles. The Labute approximate surface area is 253 Å². The Morgan fingerprint density at radius 3 is 2.61 bits per heavy atom. The number of para-hydroxylation sites is 1. The number of cyclic esters (lactones) is 1. The van der Waals surface area contributed by atoms with Crippen LogP contribution in [0.25, 0.3) is 10.9 Å². The average Bonchev–Trinajstić information content (AvgIpc) is 3.63. The van der Waals surface area contributed by atoms with Gasteiger partial charge in [0.05, 0.1) is 13.1 Å². The maximum absolute atomic E-state index is 13.4. The third kappa shape index (κ3) is 7.82. The van der Waals surface area contributed by atoms with Gasteiger partial charge in [0, 0.05) is 49.7 Å². The molecule has 0 aliphatic carbocycles. The first-order chi connectivity index (χ1) is 21.4. The number of fused-ring (bicyclic) bond motifs is 3. The Morgan fingerprint density at radius 2 is 1.77 bits per heavy atom. The lowest BCUT2D eigenvalue weighted by atomic mass is 10.0. The van der Waals surface area contributed by atoms with E-state index in [0.29, 0.717) is 38.3 Å². The summed E-state index contributed by atoms with van der Waals surface area (Å²) in [5.74, 6) is -1.13.